The summed E-state index contributed by atoms with van der Waals surface area (Å²) in [4.78, 5) is 0. The number of nitriles is 1. The summed E-state index contributed by atoms with van der Waals surface area (Å²) in [5.74, 6) is 0.208. The maximum absolute atomic E-state index is 13.0. The maximum atomic E-state index is 13.0. The fraction of sp³-hybridized carbons (Fsp3) is 0.462. The average Bonchev–Trinajstić information content (AvgIpc) is 2.82. The van der Waals surface area contributed by atoms with Gasteiger partial charge in [-0.15, -0.1) is 0 Å². The SMILES string of the molecule is N#Cc1ccc(F)cc1COCC1CCNC1. The Kier molecular flexibility index (Phi) is 4.08. The normalized spacial score (nSPS) is 19.2. The summed E-state index contributed by atoms with van der Waals surface area (Å²) in [5, 5.41) is 12.1. The largest absolute Gasteiger partial charge is 0.376 e. The minimum atomic E-state index is -0.329. The lowest BCUT2D eigenvalue weighted by Gasteiger charge is -2.10. The molecule has 0 spiro atoms. The van der Waals surface area contributed by atoms with Gasteiger partial charge in [0.15, 0.2) is 0 Å². The number of rotatable bonds is 4. The topological polar surface area (TPSA) is 45.0 Å². The molecule has 1 aliphatic rings. The van der Waals surface area contributed by atoms with E-state index in [1.165, 1.54) is 18.2 Å². The third-order valence-corrected chi connectivity index (χ3v) is 2.96. The van der Waals surface area contributed by atoms with E-state index < -0.39 is 0 Å². The zero-order valence-corrected chi connectivity index (χ0v) is 9.58. The molecule has 0 amide bonds. The Hall–Kier alpha value is -1.44. The molecule has 1 unspecified atom stereocenters. The first kappa shape index (κ1) is 12.0. The molecule has 0 saturated carbocycles. The predicted octanol–water partition coefficient (Wildman–Crippen LogP) is 1.82. The molecule has 17 heavy (non-hydrogen) atoms. The van der Waals surface area contributed by atoms with E-state index >= 15 is 0 Å². The van der Waals surface area contributed by atoms with Gasteiger partial charge in [-0.1, -0.05) is 0 Å². The number of nitrogens with zero attached hydrogens (tertiary/aromatic N) is 1. The number of benzene rings is 1. The van der Waals surface area contributed by atoms with Crippen LogP contribution in [0.4, 0.5) is 4.39 Å². The van der Waals surface area contributed by atoms with Crippen molar-refractivity contribution >= 4 is 0 Å². The molecule has 2 rings (SSSR count). The van der Waals surface area contributed by atoms with Crippen LogP contribution in [0.5, 0.6) is 0 Å². The van der Waals surface area contributed by atoms with Crippen molar-refractivity contribution in [3.63, 3.8) is 0 Å². The van der Waals surface area contributed by atoms with Crippen LogP contribution in [0.1, 0.15) is 17.5 Å². The molecule has 0 aliphatic carbocycles. The molecule has 1 aliphatic heterocycles. The second kappa shape index (κ2) is 5.76. The van der Waals surface area contributed by atoms with Crippen LogP contribution in [-0.2, 0) is 11.3 Å². The van der Waals surface area contributed by atoms with Gasteiger partial charge in [0.2, 0.25) is 0 Å². The zero-order valence-electron chi connectivity index (χ0n) is 9.58. The van der Waals surface area contributed by atoms with Gasteiger partial charge in [-0.05, 0) is 42.6 Å². The van der Waals surface area contributed by atoms with Crippen LogP contribution in [0.15, 0.2) is 18.2 Å². The Labute approximate surface area is 100 Å². The fourth-order valence-corrected chi connectivity index (χ4v) is 1.98. The van der Waals surface area contributed by atoms with Gasteiger partial charge in [0.25, 0.3) is 0 Å². The first-order valence-corrected chi connectivity index (χ1v) is 5.76. The monoisotopic (exact) mass is 234 g/mol. The molecular formula is C13H15FN2O. The van der Waals surface area contributed by atoms with E-state index in [1.807, 2.05) is 6.07 Å². The van der Waals surface area contributed by atoms with Crippen molar-refractivity contribution in [2.24, 2.45) is 5.92 Å². The lowest BCUT2D eigenvalue weighted by atomic mass is 10.1. The molecule has 3 nitrogen and oxygen atoms in total. The van der Waals surface area contributed by atoms with Crippen LogP contribution in [0.2, 0.25) is 0 Å². The van der Waals surface area contributed by atoms with Gasteiger partial charge < -0.3 is 10.1 Å². The van der Waals surface area contributed by atoms with E-state index in [4.69, 9.17) is 10.00 Å². The van der Waals surface area contributed by atoms with E-state index in [1.54, 1.807) is 0 Å². The quantitative estimate of drug-likeness (QED) is 0.864. The lowest BCUT2D eigenvalue weighted by molar-refractivity contribution is 0.0922. The summed E-state index contributed by atoms with van der Waals surface area (Å²) in [7, 11) is 0. The highest BCUT2D eigenvalue weighted by atomic mass is 19.1. The van der Waals surface area contributed by atoms with Gasteiger partial charge >= 0.3 is 0 Å². The van der Waals surface area contributed by atoms with E-state index in [-0.39, 0.29) is 5.82 Å². The zero-order chi connectivity index (χ0) is 12.1. The highest BCUT2D eigenvalue weighted by molar-refractivity contribution is 5.37. The Morgan fingerprint density at radius 1 is 1.53 bits per heavy atom. The molecule has 1 aromatic rings. The Morgan fingerprint density at radius 2 is 2.41 bits per heavy atom. The van der Waals surface area contributed by atoms with Crippen LogP contribution < -0.4 is 5.32 Å². The Balaban J connectivity index is 1.89. The van der Waals surface area contributed by atoms with Crippen molar-refractivity contribution in [2.45, 2.75) is 13.0 Å². The maximum Gasteiger partial charge on any atom is 0.123 e. The minimum Gasteiger partial charge on any atom is -0.376 e. The first-order chi connectivity index (χ1) is 8.29. The molecular weight excluding hydrogens is 219 g/mol. The molecule has 1 N–H and O–H groups in total. The van der Waals surface area contributed by atoms with Gasteiger partial charge in [-0.25, -0.2) is 4.39 Å². The molecule has 1 atom stereocenters. The summed E-state index contributed by atoms with van der Waals surface area (Å²) in [6.45, 7) is 2.98. The van der Waals surface area contributed by atoms with Gasteiger partial charge in [-0.3, -0.25) is 0 Å². The van der Waals surface area contributed by atoms with E-state index in [9.17, 15) is 4.39 Å². The third kappa shape index (κ3) is 3.26. The number of halogens is 1. The second-order valence-electron chi connectivity index (χ2n) is 4.29. The van der Waals surface area contributed by atoms with Gasteiger partial charge in [0, 0.05) is 6.54 Å². The molecule has 4 heteroatoms. The second-order valence-corrected chi connectivity index (χ2v) is 4.29. The molecule has 1 heterocycles. The lowest BCUT2D eigenvalue weighted by Crippen LogP contribution is -2.14. The molecule has 1 fully saturated rings. The van der Waals surface area contributed by atoms with Crippen molar-refractivity contribution in [3.05, 3.63) is 35.1 Å². The summed E-state index contributed by atoms with van der Waals surface area (Å²) in [5.41, 5.74) is 1.11. The van der Waals surface area contributed by atoms with E-state index in [2.05, 4.69) is 5.32 Å². The number of ether oxygens (including phenoxy) is 1. The van der Waals surface area contributed by atoms with Crippen LogP contribution in [-0.4, -0.2) is 19.7 Å². The highest BCUT2D eigenvalue weighted by Crippen LogP contribution is 2.13. The molecule has 0 aromatic heterocycles. The van der Waals surface area contributed by atoms with Crippen molar-refractivity contribution in [3.8, 4) is 6.07 Å². The van der Waals surface area contributed by atoms with Gasteiger partial charge in [0.05, 0.1) is 24.8 Å². The average molecular weight is 234 g/mol. The number of hydrogen-bond acceptors (Lipinski definition) is 3. The Bertz CT molecular complexity index is 422. The summed E-state index contributed by atoms with van der Waals surface area (Å²) < 4.78 is 18.6. The molecule has 0 bridgehead atoms. The van der Waals surface area contributed by atoms with Crippen molar-refractivity contribution in [1.82, 2.24) is 5.32 Å². The van der Waals surface area contributed by atoms with E-state index in [0.29, 0.717) is 30.3 Å². The third-order valence-electron chi connectivity index (χ3n) is 2.96. The smallest absolute Gasteiger partial charge is 0.123 e. The summed E-state index contributed by atoms with van der Waals surface area (Å²) >= 11 is 0. The van der Waals surface area contributed by atoms with Crippen LogP contribution in [0, 0.1) is 23.1 Å². The van der Waals surface area contributed by atoms with Gasteiger partial charge in [-0.2, -0.15) is 5.26 Å². The van der Waals surface area contributed by atoms with Crippen molar-refractivity contribution in [1.29, 1.82) is 5.26 Å². The minimum absolute atomic E-state index is 0.303. The van der Waals surface area contributed by atoms with E-state index in [0.717, 1.165) is 19.5 Å². The first-order valence-electron chi connectivity index (χ1n) is 5.76. The van der Waals surface area contributed by atoms with Crippen molar-refractivity contribution < 1.29 is 9.13 Å². The summed E-state index contributed by atoms with van der Waals surface area (Å²) in [6, 6.07) is 6.19. The van der Waals surface area contributed by atoms with Crippen LogP contribution in [0.25, 0.3) is 0 Å². The number of hydrogen-bond donors (Lipinski definition) is 1. The predicted molar refractivity (Wildman–Crippen MR) is 61.7 cm³/mol. The standard InChI is InChI=1S/C13H15FN2O/c14-13-2-1-11(6-15)12(5-13)9-17-8-10-3-4-16-7-10/h1-2,5,10,16H,3-4,7-9H2. The van der Waals surface area contributed by atoms with Crippen LogP contribution >= 0.6 is 0 Å². The van der Waals surface area contributed by atoms with Gasteiger partial charge in [0.1, 0.15) is 5.82 Å². The van der Waals surface area contributed by atoms with Crippen LogP contribution in [0.3, 0.4) is 0 Å². The molecule has 90 valence electrons. The molecule has 1 saturated heterocycles. The summed E-state index contributed by atoms with van der Waals surface area (Å²) in [6.07, 6.45) is 1.12. The highest BCUT2D eigenvalue weighted by Gasteiger charge is 2.14. The number of nitrogens with one attached hydrogen (secondary N) is 1. The Morgan fingerprint density at radius 3 is 3.12 bits per heavy atom. The molecule has 0 radical (unpaired) electrons. The van der Waals surface area contributed by atoms with Crippen molar-refractivity contribution in [2.75, 3.05) is 19.7 Å². The fourth-order valence-electron chi connectivity index (χ4n) is 1.98. The molecule has 1 aromatic carbocycles.